The average Bonchev–Trinajstić information content (AvgIpc) is 3.08. The maximum Gasteiger partial charge on any atom is 0.332 e. The first kappa shape index (κ1) is 17.2. The second-order valence-electron chi connectivity index (χ2n) is 6.00. The molecule has 0 amide bonds. The van der Waals surface area contributed by atoms with Gasteiger partial charge in [-0.25, -0.2) is 4.79 Å². The third-order valence-electron chi connectivity index (χ3n) is 4.20. The molecule has 0 atom stereocenters. The van der Waals surface area contributed by atoms with Gasteiger partial charge in [-0.1, -0.05) is 18.2 Å². The summed E-state index contributed by atoms with van der Waals surface area (Å²) >= 11 is 0. The smallest absolute Gasteiger partial charge is 0.332 e. The molecule has 0 aliphatic carbocycles. The largest absolute Gasteiger partial charge is 0.366 e. The summed E-state index contributed by atoms with van der Waals surface area (Å²) in [5, 5.41) is 16.5. The Hall–Kier alpha value is -3.60. The van der Waals surface area contributed by atoms with Crippen molar-refractivity contribution in [2.24, 2.45) is 21.1 Å². The van der Waals surface area contributed by atoms with Gasteiger partial charge >= 0.3 is 5.69 Å². The highest BCUT2D eigenvalue weighted by atomic mass is 16.2. The predicted octanol–water partition coefficient (Wildman–Crippen LogP) is 0.968. The Balaban J connectivity index is 1.92. The van der Waals surface area contributed by atoms with Crippen LogP contribution in [0.3, 0.4) is 0 Å². The minimum atomic E-state index is -0.609. The Morgan fingerprint density at radius 2 is 1.92 bits per heavy atom. The number of aromatic nitrogens is 4. The monoisotopic (exact) mass is 350 g/mol. The first-order valence-corrected chi connectivity index (χ1v) is 7.94. The third kappa shape index (κ3) is 3.02. The fourth-order valence-electron chi connectivity index (χ4n) is 2.77. The van der Waals surface area contributed by atoms with Crippen molar-refractivity contribution in [3.63, 3.8) is 0 Å². The molecule has 0 radical (unpaired) electrons. The van der Waals surface area contributed by atoms with E-state index < -0.39 is 11.2 Å². The van der Waals surface area contributed by atoms with Crippen molar-refractivity contribution in [2.75, 3.05) is 5.32 Å². The van der Waals surface area contributed by atoms with Gasteiger partial charge in [-0.2, -0.15) is 10.4 Å². The van der Waals surface area contributed by atoms with Gasteiger partial charge in [-0.15, -0.1) is 0 Å². The summed E-state index contributed by atoms with van der Waals surface area (Å²) in [4.78, 5) is 24.2. The zero-order chi connectivity index (χ0) is 18.8. The number of hydrogen-bond donors (Lipinski definition) is 1. The van der Waals surface area contributed by atoms with Crippen molar-refractivity contribution in [3.8, 4) is 17.2 Å². The predicted molar refractivity (Wildman–Crippen MR) is 97.6 cm³/mol. The highest BCUT2D eigenvalue weighted by Crippen LogP contribution is 2.20. The van der Waals surface area contributed by atoms with Gasteiger partial charge in [0, 0.05) is 39.4 Å². The van der Waals surface area contributed by atoms with Crippen molar-refractivity contribution in [1.82, 2.24) is 18.9 Å². The van der Waals surface area contributed by atoms with Crippen LogP contribution in [0.1, 0.15) is 11.1 Å². The number of hydrogen-bond acceptors (Lipinski definition) is 5. The molecule has 2 heterocycles. The lowest BCUT2D eigenvalue weighted by molar-refractivity contribution is 0.685. The van der Waals surface area contributed by atoms with Gasteiger partial charge in [0.15, 0.2) is 5.56 Å². The summed E-state index contributed by atoms with van der Waals surface area (Å²) in [5.41, 5.74) is 1.77. The molecule has 0 bridgehead atoms. The van der Waals surface area contributed by atoms with Crippen molar-refractivity contribution < 1.29 is 0 Å². The number of anilines is 1. The second kappa shape index (κ2) is 6.72. The molecule has 1 aromatic carbocycles. The lowest BCUT2D eigenvalue weighted by Crippen LogP contribution is -2.39. The number of nitriles is 1. The fraction of sp³-hybridized carbons (Fsp3) is 0.222. The minimum Gasteiger partial charge on any atom is -0.366 e. The molecule has 132 valence electrons. The van der Waals surface area contributed by atoms with Crippen LogP contribution >= 0.6 is 0 Å². The molecule has 0 unspecified atom stereocenters. The van der Waals surface area contributed by atoms with Crippen LogP contribution in [-0.2, 0) is 27.7 Å². The Morgan fingerprint density at radius 1 is 1.15 bits per heavy atom. The molecule has 2 aromatic heterocycles. The average molecular weight is 350 g/mol. The van der Waals surface area contributed by atoms with Crippen LogP contribution in [0.15, 0.2) is 46.2 Å². The summed E-state index contributed by atoms with van der Waals surface area (Å²) in [6.07, 6.45) is 3.70. The highest BCUT2D eigenvalue weighted by Gasteiger charge is 2.15. The van der Waals surface area contributed by atoms with Gasteiger partial charge in [0.05, 0.1) is 6.20 Å². The Kier molecular flexibility index (Phi) is 4.45. The van der Waals surface area contributed by atoms with Crippen LogP contribution in [0.25, 0.3) is 11.1 Å². The molecule has 3 aromatic rings. The van der Waals surface area contributed by atoms with Crippen LogP contribution in [0, 0.1) is 11.3 Å². The molecule has 0 saturated heterocycles. The number of aryl methyl sites for hydroxylation is 1. The van der Waals surface area contributed by atoms with Gasteiger partial charge in [-0.3, -0.25) is 18.6 Å². The van der Waals surface area contributed by atoms with Crippen LogP contribution < -0.4 is 16.6 Å². The molecule has 0 spiro atoms. The summed E-state index contributed by atoms with van der Waals surface area (Å²) < 4.78 is 3.92. The molecule has 8 nitrogen and oxygen atoms in total. The van der Waals surface area contributed by atoms with E-state index >= 15 is 0 Å². The Bertz CT molecular complexity index is 1130. The van der Waals surface area contributed by atoms with Gasteiger partial charge in [0.25, 0.3) is 5.56 Å². The molecule has 1 N–H and O–H groups in total. The molecule has 0 aliphatic heterocycles. The van der Waals surface area contributed by atoms with E-state index in [0.717, 1.165) is 21.3 Å². The maximum atomic E-state index is 12.1. The lowest BCUT2D eigenvalue weighted by atomic mass is 10.1. The van der Waals surface area contributed by atoms with E-state index in [2.05, 4.69) is 10.4 Å². The first-order chi connectivity index (χ1) is 12.4. The second-order valence-corrected chi connectivity index (χ2v) is 6.00. The van der Waals surface area contributed by atoms with Crippen molar-refractivity contribution in [3.05, 3.63) is 68.6 Å². The minimum absolute atomic E-state index is 0.0852. The lowest BCUT2D eigenvalue weighted by Gasteiger charge is -2.14. The number of nitrogens with zero attached hydrogens (tertiary/aromatic N) is 5. The van der Waals surface area contributed by atoms with E-state index in [4.69, 9.17) is 0 Å². The number of rotatable bonds is 4. The summed E-state index contributed by atoms with van der Waals surface area (Å²) in [7, 11) is 4.73. The Morgan fingerprint density at radius 3 is 2.58 bits per heavy atom. The Labute approximate surface area is 149 Å². The van der Waals surface area contributed by atoms with Gasteiger partial charge in [0.2, 0.25) is 0 Å². The van der Waals surface area contributed by atoms with E-state index in [1.54, 1.807) is 10.9 Å². The third-order valence-corrected chi connectivity index (χ3v) is 4.20. The van der Waals surface area contributed by atoms with E-state index in [1.165, 1.54) is 18.7 Å². The quantitative estimate of drug-likeness (QED) is 0.756. The van der Waals surface area contributed by atoms with Crippen molar-refractivity contribution in [1.29, 1.82) is 5.26 Å². The summed E-state index contributed by atoms with van der Waals surface area (Å²) in [6.45, 7) is 0.364. The van der Waals surface area contributed by atoms with E-state index in [9.17, 15) is 14.9 Å². The van der Waals surface area contributed by atoms with E-state index in [-0.39, 0.29) is 11.4 Å². The molecule has 3 rings (SSSR count). The molecular weight excluding hydrogens is 332 g/mol. The SMILES string of the molecule is Cn1cc(-c2cccc(CNc3c(C#N)c(=O)n(C)c(=O)n3C)c2)cn1. The van der Waals surface area contributed by atoms with E-state index in [0.29, 0.717) is 6.54 Å². The van der Waals surface area contributed by atoms with Crippen molar-refractivity contribution >= 4 is 5.82 Å². The standard InChI is InChI=1S/C18H18N6O2/c1-22-11-14(10-21-22)13-6-4-5-12(7-13)9-20-16-15(8-19)17(25)24(3)18(26)23(16)2/h4-7,10-11,20H,9H2,1-3H3. The van der Waals surface area contributed by atoms with Crippen LogP contribution in [0.4, 0.5) is 5.82 Å². The zero-order valence-corrected chi connectivity index (χ0v) is 14.7. The number of nitrogens with one attached hydrogen (secondary N) is 1. The molecular formula is C18H18N6O2. The highest BCUT2D eigenvalue weighted by molar-refractivity contribution is 5.62. The topological polar surface area (TPSA) is 97.6 Å². The fourth-order valence-corrected chi connectivity index (χ4v) is 2.77. The van der Waals surface area contributed by atoms with E-state index in [1.807, 2.05) is 43.6 Å². The van der Waals surface area contributed by atoms with Crippen LogP contribution in [0.2, 0.25) is 0 Å². The van der Waals surface area contributed by atoms with Gasteiger partial charge in [0.1, 0.15) is 11.9 Å². The van der Waals surface area contributed by atoms with Crippen LogP contribution in [0.5, 0.6) is 0 Å². The van der Waals surface area contributed by atoms with Crippen LogP contribution in [-0.4, -0.2) is 18.9 Å². The van der Waals surface area contributed by atoms with Gasteiger partial charge < -0.3 is 5.32 Å². The molecule has 26 heavy (non-hydrogen) atoms. The first-order valence-electron chi connectivity index (χ1n) is 7.94. The zero-order valence-electron chi connectivity index (χ0n) is 14.7. The maximum absolute atomic E-state index is 12.1. The number of benzene rings is 1. The molecule has 0 fully saturated rings. The molecule has 8 heteroatoms. The molecule has 0 saturated carbocycles. The summed E-state index contributed by atoms with van der Waals surface area (Å²) in [6, 6.07) is 9.71. The van der Waals surface area contributed by atoms with Crippen molar-refractivity contribution in [2.45, 2.75) is 6.54 Å². The van der Waals surface area contributed by atoms with Gasteiger partial charge in [-0.05, 0) is 17.2 Å². The normalized spacial score (nSPS) is 10.5. The molecule has 0 aliphatic rings. The summed E-state index contributed by atoms with van der Waals surface area (Å²) in [5.74, 6) is 0.215.